The Morgan fingerprint density at radius 2 is 1.62 bits per heavy atom. The van der Waals surface area contributed by atoms with Gasteiger partial charge in [0.1, 0.15) is 5.56 Å². The summed E-state index contributed by atoms with van der Waals surface area (Å²) in [6.45, 7) is 1.62. The largest absolute Gasteiger partial charge is 0.469 e. The molecule has 2 aromatic heterocycles. The smallest absolute Gasteiger partial charge is 0.325 e. The minimum atomic E-state index is -0.599. The first-order valence-electron chi connectivity index (χ1n) is 6.49. The van der Waals surface area contributed by atoms with Gasteiger partial charge in [-0.3, -0.25) is 24.4 Å². The van der Waals surface area contributed by atoms with Crippen LogP contribution in [0.2, 0.25) is 0 Å². The second-order valence-electron chi connectivity index (χ2n) is 4.21. The van der Waals surface area contributed by atoms with E-state index in [1.807, 2.05) is 4.98 Å². The maximum Gasteiger partial charge on any atom is 0.325 e. The zero-order valence-electron chi connectivity index (χ0n) is 12.8. The van der Waals surface area contributed by atoms with Gasteiger partial charge in [0.2, 0.25) is 0 Å². The van der Waals surface area contributed by atoms with Gasteiger partial charge in [0.15, 0.2) is 0 Å². The third-order valence-electron chi connectivity index (χ3n) is 2.54. The highest BCUT2D eigenvalue weighted by molar-refractivity contribution is 5.72. The summed E-state index contributed by atoms with van der Waals surface area (Å²) in [5.74, 6) is 4.56. The summed E-state index contributed by atoms with van der Waals surface area (Å²) in [4.78, 5) is 62.3. The van der Waals surface area contributed by atoms with Gasteiger partial charge >= 0.3 is 17.3 Å². The Morgan fingerprint density at radius 1 is 1.04 bits per heavy atom. The van der Waals surface area contributed by atoms with Crippen molar-refractivity contribution in [3.63, 3.8) is 0 Å². The van der Waals surface area contributed by atoms with E-state index >= 15 is 0 Å². The molecule has 0 unspecified atom stereocenters. The van der Waals surface area contributed by atoms with Gasteiger partial charge in [-0.05, 0) is 6.92 Å². The lowest BCUT2D eigenvalue weighted by molar-refractivity contribution is -0.139. The first-order chi connectivity index (χ1) is 11.4. The number of aromatic amines is 4. The van der Waals surface area contributed by atoms with E-state index in [-0.39, 0.29) is 17.5 Å². The molecule has 0 aromatic carbocycles. The number of carbonyl (C=O) groups is 1. The van der Waals surface area contributed by atoms with Crippen molar-refractivity contribution in [1.29, 1.82) is 0 Å². The molecule has 0 saturated carbocycles. The number of esters is 1. The average molecular weight is 334 g/mol. The van der Waals surface area contributed by atoms with Gasteiger partial charge < -0.3 is 14.7 Å². The predicted molar refractivity (Wildman–Crippen MR) is 83.6 cm³/mol. The van der Waals surface area contributed by atoms with E-state index in [2.05, 4.69) is 31.5 Å². The number of ether oxygens (including phenoxy) is 1. The monoisotopic (exact) mass is 334 g/mol. The fourth-order valence-electron chi connectivity index (χ4n) is 1.43. The van der Waals surface area contributed by atoms with Crippen LogP contribution in [-0.4, -0.2) is 33.0 Å². The second kappa shape index (κ2) is 8.74. The van der Waals surface area contributed by atoms with Gasteiger partial charge in [-0.1, -0.05) is 5.92 Å². The predicted octanol–water partition coefficient (Wildman–Crippen LogP) is -1.79. The van der Waals surface area contributed by atoms with Crippen LogP contribution in [0.4, 0.5) is 0 Å². The van der Waals surface area contributed by atoms with Crippen LogP contribution in [0.15, 0.2) is 31.6 Å². The van der Waals surface area contributed by atoms with E-state index in [1.165, 1.54) is 19.5 Å². The van der Waals surface area contributed by atoms with E-state index in [9.17, 15) is 24.0 Å². The molecular formula is C14H14N4O6. The van der Waals surface area contributed by atoms with Crippen molar-refractivity contribution in [3.8, 4) is 11.8 Å². The number of carbonyl (C=O) groups excluding carboxylic acids is 1. The van der Waals surface area contributed by atoms with Gasteiger partial charge in [-0.15, -0.1) is 5.92 Å². The van der Waals surface area contributed by atoms with Crippen molar-refractivity contribution in [2.45, 2.75) is 13.3 Å². The molecule has 24 heavy (non-hydrogen) atoms. The summed E-state index contributed by atoms with van der Waals surface area (Å²) in [6, 6.07) is 0. The van der Waals surface area contributed by atoms with Crippen molar-refractivity contribution in [2.75, 3.05) is 7.11 Å². The number of hydrogen-bond donors (Lipinski definition) is 4. The molecule has 2 rings (SSSR count). The minimum Gasteiger partial charge on any atom is -0.469 e. The fourth-order valence-corrected chi connectivity index (χ4v) is 1.43. The molecule has 4 N–H and O–H groups in total. The van der Waals surface area contributed by atoms with Crippen molar-refractivity contribution in [3.05, 3.63) is 65.2 Å². The van der Waals surface area contributed by atoms with Crippen molar-refractivity contribution >= 4 is 5.97 Å². The molecule has 0 bridgehead atoms. The number of methoxy groups -OCH3 is 1. The Kier molecular flexibility index (Phi) is 6.72. The standard InChI is InChI=1S/C7H8N2O4.C7H6N2O2/c1-13-5(10)2-4-3-8-7(12)9-6(4)11;1-2-3-5-4-8-7(11)9-6(5)10/h3H,2H2,1H3,(H2,8,9,11,12);4H,1H3,(H2,8,9,10,11). The first kappa shape index (κ1) is 18.4. The summed E-state index contributed by atoms with van der Waals surface area (Å²) in [6.07, 6.45) is 2.33. The number of rotatable bonds is 2. The van der Waals surface area contributed by atoms with Crippen LogP contribution in [-0.2, 0) is 16.0 Å². The molecule has 126 valence electrons. The molecule has 0 radical (unpaired) electrons. The van der Waals surface area contributed by atoms with E-state index in [4.69, 9.17) is 0 Å². The number of nitrogens with one attached hydrogen (secondary N) is 4. The Hall–Kier alpha value is -3.61. The van der Waals surface area contributed by atoms with E-state index in [1.54, 1.807) is 6.92 Å². The number of aromatic nitrogens is 4. The van der Waals surface area contributed by atoms with E-state index < -0.39 is 28.5 Å². The van der Waals surface area contributed by atoms with Crippen LogP contribution in [0.5, 0.6) is 0 Å². The Balaban J connectivity index is 0.000000243. The summed E-state index contributed by atoms with van der Waals surface area (Å²) in [7, 11) is 1.22. The molecule has 0 saturated heterocycles. The molecule has 10 nitrogen and oxygen atoms in total. The van der Waals surface area contributed by atoms with E-state index in [0.29, 0.717) is 0 Å². The van der Waals surface area contributed by atoms with Crippen LogP contribution in [0.1, 0.15) is 18.1 Å². The maximum atomic E-state index is 11.0. The summed E-state index contributed by atoms with van der Waals surface area (Å²) in [5.41, 5.74) is -1.70. The zero-order chi connectivity index (χ0) is 18.1. The van der Waals surface area contributed by atoms with Gasteiger partial charge in [-0.2, -0.15) is 0 Å². The third-order valence-corrected chi connectivity index (χ3v) is 2.54. The molecule has 2 aromatic rings. The highest BCUT2D eigenvalue weighted by Gasteiger charge is 2.06. The highest BCUT2D eigenvalue weighted by Crippen LogP contribution is 1.88. The van der Waals surface area contributed by atoms with Gasteiger partial charge in [0.25, 0.3) is 11.1 Å². The lowest BCUT2D eigenvalue weighted by Crippen LogP contribution is -2.26. The van der Waals surface area contributed by atoms with Crippen LogP contribution in [0, 0.1) is 11.8 Å². The molecule has 0 aliphatic carbocycles. The maximum absolute atomic E-state index is 11.0. The van der Waals surface area contributed by atoms with Crippen LogP contribution < -0.4 is 22.5 Å². The Labute approximate surface area is 133 Å². The molecule has 0 aliphatic heterocycles. The second-order valence-corrected chi connectivity index (χ2v) is 4.21. The fraction of sp³-hybridized carbons (Fsp3) is 0.214. The lowest BCUT2D eigenvalue weighted by atomic mass is 10.2. The minimum absolute atomic E-state index is 0.150. The molecule has 0 amide bonds. The summed E-state index contributed by atoms with van der Waals surface area (Å²) < 4.78 is 4.36. The Bertz CT molecular complexity index is 999. The van der Waals surface area contributed by atoms with Crippen LogP contribution in [0.25, 0.3) is 0 Å². The first-order valence-corrected chi connectivity index (χ1v) is 6.49. The molecule has 0 spiro atoms. The van der Waals surface area contributed by atoms with Crippen molar-refractivity contribution < 1.29 is 9.53 Å². The molecule has 0 aliphatic rings. The van der Waals surface area contributed by atoms with Crippen molar-refractivity contribution in [1.82, 2.24) is 19.9 Å². The summed E-state index contributed by atoms with van der Waals surface area (Å²) in [5, 5.41) is 0. The topological polar surface area (TPSA) is 158 Å². The normalized spacial score (nSPS) is 9.08. The molecule has 0 atom stereocenters. The van der Waals surface area contributed by atoms with Crippen molar-refractivity contribution in [2.24, 2.45) is 0 Å². The molecule has 0 fully saturated rings. The molecule has 10 heteroatoms. The van der Waals surface area contributed by atoms with Crippen LogP contribution >= 0.6 is 0 Å². The highest BCUT2D eigenvalue weighted by atomic mass is 16.5. The van der Waals surface area contributed by atoms with Gasteiger partial charge in [0, 0.05) is 18.0 Å². The molecular weight excluding hydrogens is 320 g/mol. The number of H-pyrrole nitrogens is 4. The average Bonchev–Trinajstić information content (AvgIpc) is 2.53. The number of hydrogen-bond acceptors (Lipinski definition) is 6. The molecule has 2 heterocycles. The van der Waals surface area contributed by atoms with E-state index in [0.717, 1.165) is 0 Å². The van der Waals surface area contributed by atoms with Crippen LogP contribution in [0.3, 0.4) is 0 Å². The Morgan fingerprint density at radius 3 is 2.12 bits per heavy atom. The zero-order valence-corrected chi connectivity index (χ0v) is 12.8. The quantitative estimate of drug-likeness (QED) is 0.375. The SMILES string of the molecule is CC#Cc1c[nH]c(=O)[nH]c1=O.COC(=O)Cc1c[nH]c(=O)[nH]c1=O. The van der Waals surface area contributed by atoms with Gasteiger partial charge in [-0.25, -0.2) is 9.59 Å². The third kappa shape index (κ3) is 5.64. The lowest BCUT2D eigenvalue weighted by Gasteiger charge is -1.96. The van der Waals surface area contributed by atoms with Gasteiger partial charge in [0.05, 0.1) is 13.5 Å². The summed E-state index contributed by atoms with van der Waals surface area (Å²) >= 11 is 0.